The van der Waals surface area contributed by atoms with Gasteiger partial charge in [0.15, 0.2) is 0 Å². The first kappa shape index (κ1) is 13.9. The largest absolute Gasteiger partial charge is 0.352 e. The number of hydrogen-bond donors (Lipinski definition) is 2. The third-order valence-corrected chi connectivity index (χ3v) is 4.49. The fraction of sp³-hybridized carbons (Fsp3) is 0.933. The van der Waals surface area contributed by atoms with E-state index in [9.17, 15) is 4.79 Å². The van der Waals surface area contributed by atoms with E-state index in [0.717, 1.165) is 18.9 Å². The summed E-state index contributed by atoms with van der Waals surface area (Å²) in [4.78, 5) is 12.2. The fourth-order valence-electron chi connectivity index (χ4n) is 3.14. The Labute approximate surface area is 111 Å². The number of hydrogen-bond acceptors (Lipinski definition) is 2. The normalized spacial score (nSPS) is 34.4. The monoisotopic (exact) mass is 252 g/mol. The predicted molar refractivity (Wildman–Crippen MR) is 74.4 cm³/mol. The van der Waals surface area contributed by atoms with Crippen LogP contribution >= 0.6 is 0 Å². The van der Waals surface area contributed by atoms with Gasteiger partial charge in [0.1, 0.15) is 0 Å². The van der Waals surface area contributed by atoms with Gasteiger partial charge in [-0.25, -0.2) is 0 Å². The average molecular weight is 252 g/mol. The van der Waals surface area contributed by atoms with Crippen LogP contribution in [0.2, 0.25) is 0 Å². The first-order chi connectivity index (χ1) is 8.75. The van der Waals surface area contributed by atoms with Crippen molar-refractivity contribution in [2.24, 2.45) is 5.92 Å². The highest BCUT2D eigenvalue weighted by Crippen LogP contribution is 2.23. The van der Waals surface area contributed by atoms with Gasteiger partial charge in [-0.3, -0.25) is 4.79 Å². The molecule has 3 heteroatoms. The van der Waals surface area contributed by atoms with E-state index in [-0.39, 0.29) is 11.9 Å². The Bertz CT molecular complexity index is 251. The van der Waals surface area contributed by atoms with Gasteiger partial charge < -0.3 is 10.6 Å². The first-order valence-electron chi connectivity index (χ1n) is 7.79. The summed E-state index contributed by atoms with van der Waals surface area (Å²) in [7, 11) is 0. The van der Waals surface area contributed by atoms with Gasteiger partial charge in [-0.2, -0.15) is 0 Å². The summed E-state index contributed by atoms with van der Waals surface area (Å²) in [5.74, 6) is 1.09. The molecule has 2 N–H and O–H groups in total. The summed E-state index contributed by atoms with van der Waals surface area (Å²) in [5.41, 5.74) is 0. The summed E-state index contributed by atoms with van der Waals surface area (Å²) in [6.45, 7) is 3.31. The molecular weight excluding hydrogens is 224 g/mol. The van der Waals surface area contributed by atoms with Crippen molar-refractivity contribution >= 4 is 5.91 Å². The van der Waals surface area contributed by atoms with Crippen LogP contribution in [0.5, 0.6) is 0 Å². The zero-order chi connectivity index (χ0) is 12.8. The van der Waals surface area contributed by atoms with Crippen LogP contribution in [-0.2, 0) is 4.79 Å². The van der Waals surface area contributed by atoms with Crippen molar-refractivity contribution in [2.75, 3.05) is 6.54 Å². The van der Waals surface area contributed by atoms with Gasteiger partial charge in [-0.15, -0.1) is 0 Å². The molecular formula is C15H28N2O. The second-order valence-electron chi connectivity index (χ2n) is 6.17. The minimum Gasteiger partial charge on any atom is -0.352 e. The molecule has 0 spiro atoms. The first-order valence-corrected chi connectivity index (χ1v) is 7.79. The maximum absolute atomic E-state index is 12.2. The predicted octanol–water partition coefficient (Wildman–Crippen LogP) is 2.60. The van der Waals surface area contributed by atoms with Crippen molar-refractivity contribution in [1.29, 1.82) is 0 Å². The minimum atomic E-state index is 0.0599. The average Bonchev–Trinajstić information content (AvgIpc) is 2.31. The lowest BCUT2D eigenvalue weighted by Gasteiger charge is -2.29. The minimum absolute atomic E-state index is 0.0599. The SMILES string of the molecule is CC1CCC(NC(=O)C2CCCCCCN2)CC1. The number of carbonyl (C=O) groups excluding carboxylic acids is 1. The maximum atomic E-state index is 12.2. The van der Waals surface area contributed by atoms with Crippen molar-refractivity contribution in [3.8, 4) is 0 Å². The summed E-state index contributed by atoms with van der Waals surface area (Å²) in [6.07, 6.45) is 10.9. The van der Waals surface area contributed by atoms with E-state index >= 15 is 0 Å². The van der Waals surface area contributed by atoms with Gasteiger partial charge >= 0.3 is 0 Å². The lowest BCUT2D eigenvalue weighted by Crippen LogP contribution is -2.49. The molecule has 1 unspecified atom stereocenters. The quantitative estimate of drug-likeness (QED) is 0.793. The number of nitrogens with one attached hydrogen (secondary N) is 2. The molecule has 0 aromatic rings. The lowest BCUT2D eigenvalue weighted by atomic mass is 9.87. The van der Waals surface area contributed by atoms with Gasteiger partial charge in [0.2, 0.25) is 5.91 Å². The number of rotatable bonds is 2. The summed E-state index contributed by atoms with van der Waals surface area (Å²) in [6, 6.07) is 0.491. The van der Waals surface area contributed by atoms with E-state index in [0.29, 0.717) is 6.04 Å². The highest BCUT2D eigenvalue weighted by Gasteiger charge is 2.24. The fourth-order valence-corrected chi connectivity index (χ4v) is 3.14. The molecule has 3 nitrogen and oxygen atoms in total. The molecule has 1 amide bonds. The lowest BCUT2D eigenvalue weighted by molar-refractivity contribution is -0.124. The van der Waals surface area contributed by atoms with Crippen LogP contribution in [0.4, 0.5) is 0 Å². The van der Waals surface area contributed by atoms with Crippen LogP contribution in [0.1, 0.15) is 64.7 Å². The second kappa shape index (κ2) is 7.13. The van der Waals surface area contributed by atoms with Crippen LogP contribution in [0, 0.1) is 5.92 Å². The van der Waals surface area contributed by atoms with Crippen LogP contribution in [0.15, 0.2) is 0 Å². The molecule has 0 bridgehead atoms. The highest BCUT2D eigenvalue weighted by molar-refractivity contribution is 5.82. The van der Waals surface area contributed by atoms with Gasteiger partial charge in [-0.05, 0) is 51.0 Å². The zero-order valence-corrected chi connectivity index (χ0v) is 11.7. The Kier molecular flexibility index (Phi) is 5.48. The third-order valence-electron chi connectivity index (χ3n) is 4.49. The maximum Gasteiger partial charge on any atom is 0.237 e. The molecule has 0 aromatic carbocycles. The molecule has 2 aliphatic rings. The Morgan fingerprint density at radius 2 is 1.72 bits per heavy atom. The molecule has 2 fully saturated rings. The van der Waals surface area contributed by atoms with Crippen molar-refractivity contribution in [2.45, 2.75) is 76.8 Å². The zero-order valence-electron chi connectivity index (χ0n) is 11.7. The van der Waals surface area contributed by atoms with E-state index in [4.69, 9.17) is 0 Å². The second-order valence-corrected chi connectivity index (χ2v) is 6.17. The molecule has 1 atom stereocenters. The molecule has 2 rings (SSSR count). The molecule has 1 saturated carbocycles. The van der Waals surface area contributed by atoms with Crippen molar-refractivity contribution in [3.63, 3.8) is 0 Å². The Morgan fingerprint density at radius 1 is 1.00 bits per heavy atom. The van der Waals surface area contributed by atoms with Crippen molar-refractivity contribution in [1.82, 2.24) is 10.6 Å². The molecule has 0 aromatic heterocycles. The van der Waals surface area contributed by atoms with Crippen LogP contribution in [0.3, 0.4) is 0 Å². The smallest absolute Gasteiger partial charge is 0.237 e. The molecule has 1 aliphatic carbocycles. The molecule has 104 valence electrons. The topological polar surface area (TPSA) is 41.1 Å². The summed E-state index contributed by atoms with van der Waals surface area (Å²) < 4.78 is 0. The molecule has 18 heavy (non-hydrogen) atoms. The van der Waals surface area contributed by atoms with E-state index < -0.39 is 0 Å². The van der Waals surface area contributed by atoms with E-state index in [1.807, 2.05) is 0 Å². The molecule has 1 saturated heterocycles. The van der Waals surface area contributed by atoms with Crippen molar-refractivity contribution in [3.05, 3.63) is 0 Å². The van der Waals surface area contributed by atoms with Gasteiger partial charge in [0.05, 0.1) is 6.04 Å². The standard InChI is InChI=1S/C15H28N2O/c1-12-7-9-13(10-8-12)17-15(18)14-6-4-2-3-5-11-16-14/h12-14,16H,2-11H2,1H3,(H,17,18). The number of amides is 1. The Hall–Kier alpha value is -0.570. The summed E-state index contributed by atoms with van der Waals surface area (Å²) in [5, 5.41) is 6.66. The van der Waals surface area contributed by atoms with Gasteiger partial charge in [0, 0.05) is 6.04 Å². The van der Waals surface area contributed by atoms with Crippen molar-refractivity contribution < 1.29 is 4.79 Å². The van der Waals surface area contributed by atoms with Gasteiger partial charge in [0.25, 0.3) is 0 Å². The molecule has 1 heterocycles. The summed E-state index contributed by atoms with van der Waals surface area (Å²) >= 11 is 0. The molecule has 1 aliphatic heterocycles. The number of carbonyl (C=O) groups is 1. The van der Waals surface area contributed by atoms with Crippen LogP contribution in [0.25, 0.3) is 0 Å². The highest BCUT2D eigenvalue weighted by atomic mass is 16.2. The van der Waals surface area contributed by atoms with E-state index in [2.05, 4.69) is 17.6 Å². The Morgan fingerprint density at radius 3 is 2.50 bits per heavy atom. The van der Waals surface area contributed by atoms with E-state index in [1.54, 1.807) is 0 Å². The van der Waals surface area contributed by atoms with Crippen LogP contribution in [-0.4, -0.2) is 24.5 Å². The van der Waals surface area contributed by atoms with Crippen LogP contribution < -0.4 is 10.6 Å². The van der Waals surface area contributed by atoms with E-state index in [1.165, 1.54) is 51.4 Å². The third kappa shape index (κ3) is 4.27. The van der Waals surface area contributed by atoms with Gasteiger partial charge in [-0.1, -0.05) is 26.2 Å². The Balaban J connectivity index is 1.75. The molecule has 0 radical (unpaired) electrons.